The molecule has 5 heteroatoms. The van der Waals surface area contributed by atoms with Gasteiger partial charge in [0.25, 0.3) is 0 Å². The highest BCUT2D eigenvalue weighted by Gasteiger charge is 2.24. The predicted molar refractivity (Wildman–Crippen MR) is 80.6 cm³/mol. The molecule has 19 heavy (non-hydrogen) atoms. The van der Waals surface area contributed by atoms with Gasteiger partial charge in [-0.2, -0.15) is 0 Å². The topological polar surface area (TPSA) is 25.2 Å². The average molecular weight is 391 g/mol. The van der Waals surface area contributed by atoms with Crippen molar-refractivity contribution in [3.63, 3.8) is 0 Å². The average Bonchev–Trinajstić information content (AvgIpc) is 2.79. The highest BCUT2D eigenvalue weighted by Crippen LogP contribution is 2.34. The number of hydrogen-bond donors (Lipinski definition) is 1. The fraction of sp³-hybridized carbons (Fsp3) is 0.286. The van der Waals surface area contributed by atoms with Crippen LogP contribution in [0.5, 0.6) is 0 Å². The van der Waals surface area contributed by atoms with Crippen LogP contribution >= 0.6 is 31.9 Å². The van der Waals surface area contributed by atoms with Crippen LogP contribution in [0.1, 0.15) is 30.7 Å². The largest absolute Gasteiger partial charge is 0.466 e. The van der Waals surface area contributed by atoms with Crippen molar-refractivity contribution < 1.29 is 8.81 Å². The van der Waals surface area contributed by atoms with Crippen LogP contribution in [0, 0.1) is 5.82 Å². The molecule has 0 fully saturated rings. The van der Waals surface area contributed by atoms with Crippen LogP contribution < -0.4 is 5.32 Å². The molecule has 0 spiro atoms. The zero-order valence-corrected chi connectivity index (χ0v) is 13.6. The van der Waals surface area contributed by atoms with Crippen LogP contribution in [0.4, 0.5) is 4.39 Å². The van der Waals surface area contributed by atoms with E-state index in [1.54, 1.807) is 12.3 Å². The first-order chi connectivity index (χ1) is 9.15. The smallest absolute Gasteiger partial charge is 0.139 e. The van der Waals surface area contributed by atoms with Crippen molar-refractivity contribution in [3.8, 4) is 0 Å². The number of benzene rings is 1. The Balaban J connectivity index is 2.46. The zero-order valence-electron chi connectivity index (χ0n) is 10.4. The van der Waals surface area contributed by atoms with Crippen LogP contribution in [0.3, 0.4) is 0 Å². The molecule has 2 nitrogen and oxygen atoms in total. The molecule has 1 unspecified atom stereocenters. The molecule has 0 bridgehead atoms. The second-order valence-corrected chi connectivity index (χ2v) is 5.86. The SMILES string of the molecule is CCCNC(c1occc1Br)c1c(F)cccc1Br. The Morgan fingerprint density at radius 3 is 2.63 bits per heavy atom. The Kier molecular flexibility index (Phi) is 5.19. The molecular weight excluding hydrogens is 377 g/mol. The lowest BCUT2D eigenvalue weighted by Crippen LogP contribution is -2.24. The third-order valence-corrected chi connectivity index (χ3v) is 4.14. The summed E-state index contributed by atoms with van der Waals surface area (Å²) < 4.78 is 21.2. The normalized spacial score (nSPS) is 12.6. The van der Waals surface area contributed by atoms with E-state index in [1.165, 1.54) is 6.07 Å². The monoisotopic (exact) mass is 389 g/mol. The molecular formula is C14H14Br2FNO. The van der Waals surface area contributed by atoms with Gasteiger partial charge in [-0.05, 0) is 47.1 Å². The molecule has 1 heterocycles. The van der Waals surface area contributed by atoms with E-state index < -0.39 is 0 Å². The second-order valence-electron chi connectivity index (χ2n) is 4.16. The fourth-order valence-electron chi connectivity index (χ4n) is 1.91. The summed E-state index contributed by atoms with van der Waals surface area (Å²) in [6.45, 7) is 2.84. The Morgan fingerprint density at radius 2 is 2.05 bits per heavy atom. The van der Waals surface area contributed by atoms with Gasteiger partial charge in [0.1, 0.15) is 11.6 Å². The molecule has 102 valence electrons. The van der Waals surface area contributed by atoms with Gasteiger partial charge in [0.2, 0.25) is 0 Å². The minimum absolute atomic E-state index is 0.258. The first-order valence-electron chi connectivity index (χ1n) is 6.05. The molecule has 1 aromatic heterocycles. The van der Waals surface area contributed by atoms with Crippen molar-refractivity contribution in [2.75, 3.05) is 6.54 Å². The van der Waals surface area contributed by atoms with Crippen LogP contribution in [-0.4, -0.2) is 6.54 Å². The minimum Gasteiger partial charge on any atom is -0.466 e. The van der Waals surface area contributed by atoms with Gasteiger partial charge < -0.3 is 9.73 Å². The van der Waals surface area contributed by atoms with E-state index in [0.29, 0.717) is 11.3 Å². The predicted octanol–water partition coefficient (Wildman–Crippen LogP) is 5.03. The van der Waals surface area contributed by atoms with E-state index in [0.717, 1.165) is 21.9 Å². The number of nitrogens with one attached hydrogen (secondary N) is 1. The van der Waals surface area contributed by atoms with Crippen LogP contribution in [0.15, 0.2) is 43.9 Å². The maximum Gasteiger partial charge on any atom is 0.139 e. The van der Waals surface area contributed by atoms with Gasteiger partial charge in [-0.3, -0.25) is 0 Å². The molecule has 0 saturated heterocycles. The van der Waals surface area contributed by atoms with E-state index >= 15 is 0 Å². The van der Waals surface area contributed by atoms with E-state index in [-0.39, 0.29) is 11.9 Å². The molecule has 2 aromatic rings. The van der Waals surface area contributed by atoms with Gasteiger partial charge in [0.15, 0.2) is 0 Å². The van der Waals surface area contributed by atoms with E-state index in [2.05, 4.69) is 44.1 Å². The number of halogens is 3. The summed E-state index contributed by atoms with van der Waals surface area (Å²) in [5.41, 5.74) is 0.562. The van der Waals surface area contributed by atoms with E-state index in [1.807, 2.05) is 12.1 Å². The first-order valence-corrected chi connectivity index (χ1v) is 7.64. The van der Waals surface area contributed by atoms with E-state index in [9.17, 15) is 4.39 Å². The maximum absolute atomic E-state index is 14.1. The van der Waals surface area contributed by atoms with Crippen molar-refractivity contribution in [1.82, 2.24) is 5.32 Å². The third kappa shape index (κ3) is 3.27. The van der Waals surface area contributed by atoms with Gasteiger partial charge in [0.05, 0.1) is 16.8 Å². The Morgan fingerprint density at radius 1 is 1.26 bits per heavy atom. The molecule has 0 radical (unpaired) electrons. The van der Waals surface area contributed by atoms with Crippen molar-refractivity contribution >= 4 is 31.9 Å². The maximum atomic E-state index is 14.1. The van der Waals surface area contributed by atoms with Crippen molar-refractivity contribution in [2.24, 2.45) is 0 Å². The molecule has 0 aliphatic rings. The van der Waals surface area contributed by atoms with Crippen molar-refractivity contribution in [2.45, 2.75) is 19.4 Å². The van der Waals surface area contributed by atoms with Crippen LogP contribution in [-0.2, 0) is 0 Å². The highest BCUT2D eigenvalue weighted by molar-refractivity contribution is 9.10. The summed E-state index contributed by atoms with van der Waals surface area (Å²) in [6, 6.07) is 6.45. The molecule has 2 rings (SSSR count). The quantitative estimate of drug-likeness (QED) is 0.774. The number of furan rings is 1. The summed E-state index contributed by atoms with van der Waals surface area (Å²) >= 11 is 6.85. The van der Waals surface area contributed by atoms with Crippen molar-refractivity contribution in [1.29, 1.82) is 0 Å². The van der Waals surface area contributed by atoms with Gasteiger partial charge >= 0.3 is 0 Å². The molecule has 1 aromatic carbocycles. The summed E-state index contributed by atoms with van der Waals surface area (Å²) in [5.74, 6) is 0.422. The molecule has 1 N–H and O–H groups in total. The summed E-state index contributed by atoms with van der Waals surface area (Å²) in [7, 11) is 0. The number of hydrogen-bond acceptors (Lipinski definition) is 2. The summed E-state index contributed by atoms with van der Waals surface area (Å²) in [4.78, 5) is 0. The highest BCUT2D eigenvalue weighted by atomic mass is 79.9. The van der Waals surface area contributed by atoms with Crippen LogP contribution in [0.2, 0.25) is 0 Å². The first kappa shape index (κ1) is 14.8. The molecule has 0 amide bonds. The molecule has 0 aliphatic heterocycles. The third-order valence-electron chi connectivity index (χ3n) is 2.79. The summed E-state index contributed by atoms with van der Waals surface area (Å²) in [5, 5.41) is 3.32. The standard InChI is InChI=1S/C14H14Br2FNO/c1-2-7-18-13(14-10(16)6-8-19-14)12-9(15)4-3-5-11(12)17/h3-6,8,13,18H,2,7H2,1H3. The summed E-state index contributed by atoms with van der Waals surface area (Å²) in [6.07, 6.45) is 2.55. The Labute approximate surface area is 128 Å². The molecule has 1 atom stereocenters. The lowest BCUT2D eigenvalue weighted by molar-refractivity contribution is 0.433. The lowest BCUT2D eigenvalue weighted by Gasteiger charge is -2.19. The number of rotatable bonds is 5. The van der Waals surface area contributed by atoms with Gasteiger partial charge in [-0.15, -0.1) is 0 Å². The zero-order chi connectivity index (χ0) is 13.8. The minimum atomic E-state index is -0.320. The second kappa shape index (κ2) is 6.68. The van der Waals surface area contributed by atoms with E-state index in [4.69, 9.17) is 4.42 Å². The Hall–Kier alpha value is -0.650. The molecule has 0 aliphatic carbocycles. The van der Waals surface area contributed by atoms with Crippen molar-refractivity contribution in [3.05, 3.63) is 56.6 Å². The lowest BCUT2D eigenvalue weighted by atomic mass is 10.0. The van der Waals surface area contributed by atoms with Crippen LogP contribution in [0.25, 0.3) is 0 Å². The van der Waals surface area contributed by atoms with Gasteiger partial charge in [-0.1, -0.05) is 28.9 Å². The van der Waals surface area contributed by atoms with Gasteiger partial charge in [0, 0.05) is 10.0 Å². The fourth-order valence-corrected chi connectivity index (χ4v) is 2.91. The van der Waals surface area contributed by atoms with Gasteiger partial charge in [-0.25, -0.2) is 4.39 Å². The Bertz CT molecular complexity index is 536. The molecule has 0 saturated carbocycles.